The molecule has 1 heterocycles. The van der Waals surface area contributed by atoms with Gasteiger partial charge in [-0.1, -0.05) is 95.7 Å². The summed E-state index contributed by atoms with van der Waals surface area (Å²) in [5.41, 5.74) is 10.9. The zero-order valence-corrected chi connectivity index (χ0v) is 20.8. The summed E-state index contributed by atoms with van der Waals surface area (Å²) in [5.74, 6) is 0. The minimum atomic E-state index is 0.142. The monoisotopic (exact) mass is 433 g/mol. The van der Waals surface area contributed by atoms with Crippen LogP contribution in [0.2, 0.25) is 0 Å². The number of hydrogen-bond acceptors (Lipinski definition) is 0. The fourth-order valence-electron chi connectivity index (χ4n) is 4.92. The Hall–Kier alpha value is -3.06. The number of allylic oxidation sites excluding steroid dienone is 4. The number of nitrogens with one attached hydrogen (secondary N) is 1. The zero-order chi connectivity index (χ0) is 23.4. The maximum Gasteiger partial charge on any atom is 0.0465 e. The molecule has 0 saturated heterocycles. The maximum atomic E-state index is 3.62. The first-order valence-electron chi connectivity index (χ1n) is 12.2. The number of rotatable bonds is 2. The fraction of sp³-hybridized carbons (Fsp3) is 0.312. The summed E-state index contributed by atoms with van der Waals surface area (Å²) in [5, 5.41) is 2.59. The molecule has 0 amide bonds. The van der Waals surface area contributed by atoms with E-state index in [1.807, 2.05) is 0 Å². The van der Waals surface area contributed by atoms with Crippen molar-refractivity contribution in [2.45, 2.75) is 59.8 Å². The number of fused-ring (bicyclic) bond motifs is 3. The molecule has 1 aliphatic rings. The largest absolute Gasteiger partial charge is 0.355 e. The molecule has 0 fully saturated rings. The van der Waals surface area contributed by atoms with Crippen LogP contribution >= 0.6 is 0 Å². The lowest BCUT2D eigenvalue weighted by molar-refractivity contribution is 0.482. The van der Waals surface area contributed by atoms with Crippen LogP contribution in [0, 0.1) is 5.41 Å². The van der Waals surface area contributed by atoms with Gasteiger partial charge in [0.1, 0.15) is 0 Å². The zero-order valence-electron chi connectivity index (χ0n) is 20.8. The predicted molar refractivity (Wildman–Crippen MR) is 145 cm³/mol. The Balaban J connectivity index is 1.61. The summed E-state index contributed by atoms with van der Waals surface area (Å²) < 4.78 is 0. The average Bonchev–Trinajstić information content (AvgIpc) is 3.15. The van der Waals surface area contributed by atoms with Crippen LogP contribution in [-0.4, -0.2) is 4.98 Å². The average molecular weight is 434 g/mol. The van der Waals surface area contributed by atoms with E-state index < -0.39 is 0 Å². The number of benzene rings is 3. The van der Waals surface area contributed by atoms with E-state index in [1.54, 1.807) is 5.57 Å². The molecule has 0 saturated carbocycles. The van der Waals surface area contributed by atoms with Gasteiger partial charge in [-0.05, 0) is 75.8 Å². The molecule has 1 N–H and O–H groups in total. The number of H-pyrrole nitrogens is 1. The Labute approximate surface area is 198 Å². The van der Waals surface area contributed by atoms with E-state index in [0.29, 0.717) is 0 Å². The van der Waals surface area contributed by atoms with Gasteiger partial charge in [-0.3, -0.25) is 0 Å². The highest BCUT2D eigenvalue weighted by molar-refractivity contribution is 6.09. The molecule has 0 spiro atoms. The van der Waals surface area contributed by atoms with Crippen LogP contribution in [0.25, 0.3) is 38.5 Å². The molecule has 1 nitrogen and oxygen atoms in total. The maximum absolute atomic E-state index is 3.62. The molecule has 0 radical (unpaired) electrons. The number of aromatic amines is 1. The van der Waals surface area contributed by atoms with Crippen LogP contribution in [0.15, 0.2) is 78.4 Å². The van der Waals surface area contributed by atoms with Gasteiger partial charge in [-0.15, -0.1) is 0 Å². The molecule has 0 bridgehead atoms. The van der Waals surface area contributed by atoms with Gasteiger partial charge >= 0.3 is 0 Å². The van der Waals surface area contributed by atoms with E-state index in [2.05, 4.69) is 119 Å². The minimum Gasteiger partial charge on any atom is -0.355 e. The third-order valence-electron chi connectivity index (χ3n) is 7.06. The standard InChI is InChI=1S/C32H35N/c1-31(2,3)25-11-7-9-21(17-25)23-13-15-29-27(19-23)28-20-24(14-16-30(28)33-29)22-10-8-12-26(18-22)32(4,5)6/h7,9-11,13-20,33H,8,12H2,1-6H3. The molecule has 4 aromatic rings. The van der Waals surface area contributed by atoms with Gasteiger partial charge < -0.3 is 4.98 Å². The van der Waals surface area contributed by atoms with Crippen LogP contribution < -0.4 is 0 Å². The Kier molecular flexibility index (Phi) is 5.12. The van der Waals surface area contributed by atoms with Crippen LogP contribution in [0.5, 0.6) is 0 Å². The third kappa shape index (κ3) is 4.17. The number of aromatic nitrogens is 1. The quantitative estimate of drug-likeness (QED) is 0.324. The van der Waals surface area contributed by atoms with Crippen molar-refractivity contribution in [3.8, 4) is 11.1 Å². The smallest absolute Gasteiger partial charge is 0.0465 e. The topological polar surface area (TPSA) is 15.8 Å². The van der Waals surface area contributed by atoms with Crippen LogP contribution in [0.1, 0.15) is 65.5 Å². The summed E-state index contributed by atoms with van der Waals surface area (Å²) in [6.07, 6.45) is 7.11. The highest BCUT2D eigenvalue weighted by Gasteiger charge is 2.20. The molecule has 1 aliphatic carbocycles. The second-order valence-corrected chi connectivity index (χ2v) is 11.6. The van der Waals surface area contributed by atoms with E-state index >= 15 is 0 Å². The van der Waals surface area contributed by atoms with E-state index in [1.165, 1.54) is 56.1 Å². The van der Waals surface area contributed by atoms with E-state index in [0.717, 1.165) is 6.42 Å². The van der Waals surface area contributed by atoms with Crippen molar-refractivity contribution in [2.75, 3.05) is 0 Å². The number of hydrogen-bond donors (Lipinski definition) is 1. The van der Waals surface area contributed by atoms with Gasteiger partial charge in [0.15, 0.2) is 0 Å². The summed E-state index contributed by atoms with van der Waals surface area (Å²) in [7, 11) is 0. The molecule has 0 unspecified atom stereocenters. The van der Waals surface area contributed by atoms with Crippen LogP contribution in [-0.2, 0) is 5.41 Å². The van der Waals surface area contributed by atoms with Crippen molar-refractivity contribution in [3.05, 3.63) is 89.5 Å². The second kappa shape index (κ2) is 7.76. The lowest BCUT2D eigenvalue weighted by Gasteiger charge is -2.26. The first kappa shape index (κ1) is 21.8. The molecular weight excluding hydrogens is 398 g/mol. The van der Waals surface area contributed by atoms with Crippen molar-refractivity contribution in [1.29, 1.82) is 0 Å². The molecule has 0 atom stereocenters. The molecule has 5 rings (SSSR count). The van der Waals surface area contributed by atoms with Gasteiger partial charge in [0.2, 0.25) is 0 Å². The molecule has 0 aliphatic heterocycles. The van der Waals surface area contributed by atoms with E-state index in [-0.39, 0.29) is 10.8 Å². The summed E-state index contributed by atoms with van der Waals surface area (Å²) in [4.78, 5) is 3.62. The molecule has 33 heavy (non-hydrogen) atoms. The molecule has 168 valence electrons. The lowest BCUT2D eigenvalue weighted by Crippen LogP contribution is -2.11. The van der Waals surface area contributed by atoms with E-state index in [4.69, 9.17) is 0 Å². The van der Waals surface area contributed by atoms with Gasteiger partial charge in [0.05, 0.1) is 0 Å². The Morgan fingerprint density at radius 2 is 1.30 bits per heavy atom. The summed E-state index contributed by atoms with van der Waals surface area (Å²) in [6.45, 7) is 13.8. The predicted octanol–water partition coefficient (Wildman–Crippen LogP) is 9.44. The summed E-state index contributed by atoms with van der Waals surface area (Å²) in [6, 6.07) is 22.7. The Bertz CT molecular complexity index is 1410. The minimum absolute atomic E-state index is 0.142. The first-order valence-corrected chi connectivity index (χ1v) is 12.2. The first-order chi connectivity index (χ1) is 15.6. The van der Waals surface area contributed by atoms with Crippen molar-refractivity contribution >= 4 is 27.4 Å². The SMILES string of the molecule is CC(C)(C)C1=CC(c2ccc3[nH]c4ccc(-c5cccc(C(C)(C)C)c5)cc4c3c2)=CCC1. The van der Waals surface area contributed by atoms with Gasteiger partial charge in [-0.2, -0.15) is 0 Å². The fourth-order valence-corrected chi connectivity index (χ4v) is 4.92. The lowest BCUT2D eigenvalue weighted by atomic mass is 9.79. The van der Waals surface area contributed by atoms with Gasteiger partial charge in [0, 0.05) is 21.8 Å². The van der Waals surface area contributed by atoms with Crippen molar-refractivity contribution in [2.24, 2.45) is 5.41 Å². The normalized spacial score (nSPS) is 15.1. The highest BCUT2D eigenvalue weighted by Crippen LogP contribution is 2.38. The van der Waals surface area contributed by atoms with Gasteiger partial charge in [0.25, 0.3) is 0 Å². The molecular formula is C32H35N. The second-order valence-electron chi connectivity index (χ2n) is 11.6. The van der Waals surface area contributed by atoms with Crippen molar-refractivity contribution < 1.29 is 0 Å². The van der Waals surface area contributed by atoms with E-state index in [9.17, 15) is 0 Å². The van der Waals surface area contributed by atoms with Crippen molar-refractivity contribution in [3.63, 3.8) is 0 Å². The van der Waals surface area contributed by atoms with Crippen molar-refractivity contribution in [1.82, 2.24) is 4.98 Å². The highest BCUT2D eigenvalue weighted by atomic mass is 14.7. The van der Waals surface area contributed by atoms with Crippen LogP contribution in [0.3, 0.4) is 0 Å². The Morgan fingerprint density at radius 1 is 0.667 bits per heavy atom. The molecule has 1 aromatic heterocycles. The van der Waals surface area contributed by atoms with Gasteiger partial charge in [-0.25, -0.2) is 0 Å². The molecule has 1 heteroatoms. The Morgan fingerprint density at radius 3 is 1.97 bits per heavy atom. The summed E-state index contributed by atoms with van der Waals surface area (Å²) >= 11 is 0. The van der Waals surface area contributed by atoms with Crippen LogP contribution in [0.4, 0.5) is 0 Å². The molecule has 3 aromatic carbocycles. The third-order valence-corrected chi connectivity index (χ3v) is 7.06.